The Bertz CT molecular complexity index is 420. The van der Waals surface area contributed by atoms with Crippen molar-refractivity contribution < 1.29 is 5.11 Å². The van der Waals surface area contributed by atoms with Gasteiger partial charge in [-0.25, -0.2) is 4.98 Å². The highest BCUT2D eigenvalue weighted by molar-refractivity contribution is 5.41. The van der Waals surface area contributed by atoms with Gasteiger partial charge in [-0.05, 0) is 36.9 Å². The van der Waals surface area contributed by atoms with E-state index in [1.54, 1.807) is 0 Å². The second-order valence-corrected chi connectivity index (χ2v) is 5.78. The third kappa shape index (κ3) is 2.60. The number of hydrogen-bond acceptors (Lipinski definition) is 4. The maximum atomic E-state index is 9.95. The molecule has 2 fully saturated rings. The van der Waals surface area contributed by atoms with Crippen molar-refractivity contribution in [3.8, 4) is 0 Å². The number of pyridine rings is 1. The fourth-order valence-corrected chi connectivity index (χ4v) is 3.40. The molecule has 0 amide bonds. The molecule has 1 aromatic heterocycles. The molecule has 1 aliphatic carbocycles. The number of aromatic nitrogens is 1. The zero-order chi connectivity index (χ0) is 13.2. The fourth-order valence-electron chi connectivity index (χ4n) is 3.40. The molecule has 3 rings (SSSR count). The van der Waals surface area contributed by atoms with Gasteiger partial charge in [0.15, 0.2) is 0 Å². The predicted octanol–water partition coefficient (Wildman–Crippen LogP) is 1.40. The first kappa shape index (κ1) is 12.9. The SMILES string of the molecule is CCNCc1ccc(N2CC3CCC(O)C3C2)nc1. The molecule has 0 aromatic carbocycles. The van der Waals surface area contributed by atoms with E-state index >= 15 is 0 Å². The number of aliphatic hydroxyl groups is 1. The molecule has 1 aliphatic heterocycles. The summed E-state index contributed by atoms with van der Waals surface area (Å²) in [4.78, 5) is 6.90. The van der Waals surface area contributed by atoms with Gasteiger partial charge < -0.3 is 15.3 Å². The quantitative estimate of drug-likeness (QED) is 0.860. The van der Waals surface area contributed by atoms with Gasteiger partial charge in [0.25, 0.3) is 0 Å². The molecule has 1 saturated carbocycles. The molecule has 2 aliphatic rings. The summed E-state index contributed by atoms with van der Waals surface area (Å²) < 4.78 is 0. The Morgan fingerprint density at radius 2 is 2.26 bits per heavy atom. The van der Waals surface area contributed by atoms with Crippen LogP contribution in [0.2, 0.25) is 0 Å². The summed E-state index contributed by atoms with van der Waals surface area (Å²) in [5.74, 6) is 2.18. The lowest BCUT2D eigenvalue weighted by atomic mass is 10.00. The molecule has 2 N–H and O–H groups in total. The standard InChI is InChI=1S/C15H23N3O/c1-2-16-7-11-3-6-15(17-8-11)18-9-12-4-5-14(19)13(12)10-18/h3,6,8,12-14,16,19H,2,4-5,7,9-10H2,1H3. The summed E-state index contributed by atoms with van der Waals surface area (Å²) in [7, 11) is 0. The van der Waals surface area contributed by atoms with Gasteiger partial charge in [0.1, 0.15) is 5.82 Å². The molecular weight excluding hydrogens is 238 g/mol. The third-order valence-electron chi connectivity index (χ3n) is 4.53. The topological polar surface area (TPSA) is 48.4 Å². The minimum atomic E-state index is -0.0944. The minimum Gasteiger partial charge on any atom is -0.393 e. The first-order valence-electron chi connectivity index (χ1n) is 7.36. The van der Waals surface area contributed by atoms with Crippen molar-refractivity contribution in [2.24, 2.45) is 11.8 Å². The Morgan fingerprint density at radius 1 is 1.37 bits per heavy atom. The van der Waals surface area contributed by atoms with E-state index in [1.807, 2.05) is 6.20 Å². The van der Waals surface area contributed by atoms with Crippen molar-refractivity contribution in [1.29, 1.82) is 0 Å². The van der Waals surface area contributed by atoms with Gasteiger partial charge in [-0.1, -0.05) is 13.0 Å². The highest BCUT2D eigenvalue weighted by atomic mass is 16.3. The summed E-state index contributed by atoms with van der Waals surface area (Å²) in [6, 6.07) is 4.26. The van der Waals surface area contributed by atoms with E-state index < -0.39 is 0 Å². The van der Waals surface area contributed by atoms with Crippen molar-refractivity contribution in [2.75, 3.05) is 24.5 Å². The van der Waals surface area contributed by atoms with E-state index in [-0.39, 0.29) is 6.10 Å². The van der Waals surface area contributed by atoms with E-state index in [0.29, 0.717) is 11.8 Å². The number of fused-ring (bicyclic) bond motifs is 1. The van der Waals surface area contributed by atoms with Crippen molar-refractivity contribution in [2.45, 2.75) is 32.4 Å². The largest absolute Gasteiger partial charge is 0.393 e. The molecule has 0 bridgehead atoms. The number of aliphatic hydroxyl groups excluding tert-OH is 1. The first-order chi connectivity index (χ1) is 9.28. The molecule has 3 atom stereocenters. The van der Waals surface area contributed by atoms with Crippen LogP contribution in [0.4, 0.5) is 5.82 Å². The van der Waals surface area contributed by atoms with Crippen LogP contribution >= 0.6 is 0 Å². The van der Waals surface area contributed by atoms with Crippen LogP contribution < -0.4 is 10.2 Å². The van der Waals surface area contributed by atoms with Gasteiger partial charge in [-0.3, -0.25) is 0 Å². The number of hydrogen-bond donors (Lipinski definition) is 2. The Hall–Kier alpha value is -1.13. The van der Waals surface area contributed by atoms with Crippen molar-refractivity contribution >= 4 is 5.82 Å². The number of nitrogens with one attached hydrogen (secondary N) is 1. The summed E-state index contributed by atoms with van der Waals surface area (Å²) in [5, 5.41) is 13.3. The summed E-state index contributed by atoms with van der Waals surface area (Å²) in [5.41, 5.74) is 1.23. The third-order valence-corrected chi connectivity index (χ3v) is 4.53. The lowest BCUT2D eigenvalue weighted by Crippen LogP contribution is -2.25. The van der Waals surface area contributed by atoms with Gasteiger partial charge in [-0.2, -0.15) is 0 Å². The summed E-state index contributed by atoms with van der Waals surface area (Å²) in [6.07, 6.45) is 4.02. The zero-order valence-electron chi connectivity index (χ0n) is 11.5. The van der Waals surface area contributed by atoms with Crippen LogP contribution in [-0.2, 0) is 6.54 Å². The van der Waals surface area contributed by atoms with Crippen LogP contribution in [0.1, 0.15) is 25.3 Å². The van der Waals surface area contributed by atoms with Crippen molar-refractivity contribution in [3.63, 3.8) is 0 Å². The highest BCUT2D eigenvalue weighted by Crippen LogP contribution is 2.39. The smallest absolute Gasteiger partial charge is 0.128 e. The molecular formula is C15H23N3O. The highest BCUT2D eigenvalue weighted by Gasteiger charge is 2.42. The van der Waals surface area contributed by atoms with Crippen molar-refractivity contribution in [1.82, 2.24) is 10.3 Å². The van der Waals surface area contributed by atoms with E-state index in [1.165, 1.54) is 12.0 Å². The van der Waals surface area contributed by atoms with E-state index in [2.05, 4.69) is 34.3 Å². The van der Waals surface area contributed by atoms with Crippen molar-refractivity contribution in [3.05, 3.63) is 23.9 Å². The monoisotopic (exact) mass is 261 g/mol. The van der Waals surface area contributed by atoms with E-state index in [9.17, 15) is 5.11 Å². The lowest BCUT2D eigenvalue weighted by Gasteiger charge is -2.19. The molecule has 0 radical (unpaired) electrons. The molecule has 104 valence electrons. The van der Waals surface area contributed by atoms with Gasteiger partial charge in [-0.15, -0.1) is 0 Å². The summed E-state index contributed by atoms with van der Waals surface area (Å²) >= 11 is 0. The Morgan fingerprint density at radius 3 is 2.95 bits per heavy atom. The van der Waals surface area contributed by atoms with Crippen LogP contribution in [-0.4, -0.2) is 35.8 Å². The predicted molar refractivity (Wildman–Crippen MR) is 76.1 cm³/mol. The fraction of sp³-hybridized carbons (Fsp3) is 0.667. The average molecular weight is 261 g/mol. The molecule has 1 aromatic rings. The van der Waals surface area contributed by atoms with E-state index in [4.69, 9.17) is 0 Å². The Balaban J connectivity index is 1.64. The summed E-state index contributed by atoms with van der Waals surface area (Å²) in [6.45, 7) is 5.99. The number of nitrogens with zero attached hydrogens (tertiary/aromatic N) is 2. The molecule has 1 saturated heterocycles. The van der Waals surface area contributed by atoms with Crippen LogP contribution in [0.25, 0.3) is 0 Å². The molecule has 4 heteroatoms. The molecule has 19 heavy (non-hydrogen) atoms. The number of rotatable bonds is 4. The molecule has 2 heterocycles. The second-order valence-electron chi connectivity index (χ2n) is 5.78. The van der Waals surface area contributed by atoms with Gasteiger partial charge >= 0.3 is 0 Å². The number of anilines is 1. The van der Waals surface area contributed by atoms with E-state index in [0.717, 1.165) is 38.4 Å². The van der Waals surface area contributed by atoms with Gasteiger partial charge in [0.2, 0.25) is 0 Å². The normalized spacial score (nSPS) is 29.8. The van der Waals surface area contributed by atoms with Gasteiger partial charge in [0, 0.05) is 31.7 Å². The second kappa shape index (κ2) is 5.47. The molecule has 3 unspecified atom stereocenters. The maximum absolute atomic E-state index is 9.95. The zero-order valence-corrected chi connectivity index (χ0v) is 11.5. The Kier molecular flexibility index (Phi) is 3.71. The molecule has 4 nitrogen and oxygen atoms in total. The van der Waals surface area contributed by atoms with Crippen LogP contribution in [0, 0.1) is 11.8 Å². The van der Waals surface area contributed by atoms with Crippen LogP contribution in [0.15, 0.2) is 18.3 Å². The Labute approximate surface area is 114 Å². The molecule has 0 spiro atoms. The van der Waals surface area contributed by atoms with Crippen LogP contribution in [0.3, 0.4) is 0 Å². The van der Waals surface area contributed by atoms with Crippen LogP contribution in [0.5, 0.6) is 0 Å². The average Bonchev–Trinajstić information content (AvgIpc) is 3.00. The first-order valence-corrected chi connectivity index (χ1v) is 7.36. The minimum absolute atomic E-state index is 0.0944. The lowest BCUT2D eigenvalue weighted by molar-refractivity contribution is 0.133. The van der Waals surface area contributed by atoms with Gasteiger partial charge in [0.05, 0.1) is 6.10 Å². The maximum Gasteiger partial charge on any atom is 0.128 e.